The third-order valence-corrected chi connectivity index (χ3v) is 27.1. The molecule has 0 aromatic heterocycles. The summed E-state index contributed by atoms with van der Waals surface area (Å²) in [5.74, 6) is 0. The summed E-state index contributed by atoms with van der Waals surface area (Å²) >= 11 is 0. The first-order valence-electron chi connectivity index (χ1n) is 67.0. The molecule has 8 heteroatoms. The fraction of sp³-hybridized carbons (Fsp3) is 0.235. The zero-order valence-corrected chi connectivity index (χ0v) is 86.0. The van der Waals surface area contributed by atoms with Crippen LogP contribution in [0.3, 0.4) is 0 Å². The van der Waals surface area contributed by atoms with Crippen LogP contribution in [0.1, 0.15) is 260 Å². The van der Waals surface area contributed by atoms with Crippen LogP contribution in [0.2, 0.25) is 0 Å². The van der Waals surface area contributed by atoms with Crippen LogP contribution in [0.5, 0.6) is 0 Å². The Kier molecular flexibility index (Phi) is 15.4. The fourth-order valence-corrected chi connectivity index (χ4v) is 19.2. The number of fused-ring (bicyclic) bond motifs is 10. The molecule has 0 aliphatic carbocycles. The van der Waals surface area contributed by atoms with E-state index >= 15 is 0 Å². The smallest absolute Gasteiger partial charge is 0.252 e. The Morgan fingerprint density at radius 3 is 0.986 bits per heavy atom. The molecule has 4 aliphatic rings. The van der Waals surface area contributed by atoms with Crippen molar-refractivity contribution in [1.82, 2.24) is 0 Å². The summed E-state index contributed by atoms with van der Waals surface area (Å²) in [6.45, 7) is 42.3. The predicted octanol–water partition coefficient (Wildman–Crippen LogP) is 34.5. The molecular weight excluding hydrogens is 1740 g/mol. The third-order valence-electron chi connectivity index (χ3n) is 27.1. The highest BCUT2D eigenvalue weighted by Gasteiger charge is 2.49. The summed E-state index contributed by atoms with van der Waals surface area (Å²) in [6.07, 6.45) is 0. The summed E-state index contributed by atoms with van der Waals surface area (Å²) in [5.41, 5.74) is -2.11. The number of hydrogen-bond acceptors (Lipinski definition) is 6. The molecule has 22 rings (SSSR count). The molecule has 0 unspecified atom stereocenters. The van der Waals surface area contributed by atoms with Gasteiger partial charge in [-0.2, -0.15) is 0 Å². The summed E-state index contributed by atoms with van der Waals surface area (Å²) in [7, 11) is 0. The van der Waals surface area contributed by atoms with Crippen molar-refractivity contribution < 1.29 is 49.3 Å². The summed E-state index contributed by atoms with van der Waals surface area (Å²) in [5, 5.41) is 0.721. The van der Waals surface area contributed by atoms with E-state index in [1.165, 1.54) is 0 Å². The molecule has 0 amide bonds. The van der Waals surface area contributed by atoms with Crippen molar-refractivity contribution in [3.05, 3.63) is 432 Å². The molecule has 0 saturated carbocycles. The van der Waals surface area contributed by atoms with Gasteiger partial charge in [0.15, 0.2) is 0 Å². The molecule has 0 saturated heterocycles. The summed E-state index contributed by atoms with van der Waals surface area (Å²) in [4.78, 5) is 9.26. The van der Waals surface area contributed by atoms with Gasteiger partial charge in [0.25, 0.3) is 13.4 Å². The maximum Gasteiger partial charge on any atom is 0.252 e. The predicted molar refractivity (Wildman–Crippen MR) is 626 cm³/mol. The molecule has 0 fully saturated rings. The van der Waals surface area contributed by atoms with E-state index in [1.807, 2.05) is 47.6 Å². The van der Waals surface area contributed by atoms with Crippen LogP contribution in [0.4, 0.5) is 102 Å². The number of nitrogens with zero attached hydrogens (tertiary/aromatic N) is 6. The Balaban J connectivity index is 0.000000209. The van der Waals surface area contributed by atoms with E-state index in [-0.39, 0.29) is 85.7 Å². The third kappa shape index (κ3) is 17.7. The molecule has 0 spiro atoms. The van der Waals surface area contributed by atoms with Crippen molar-refractivity contribution in [2.75, 3.05) is 29.4 Å². The minimum atomic E-state index is -1.77. The average molecular weight is 1910 g/mol. The van der Waals surface area contributed by atoms with Crippen LogP contribution in [0, 0.1) is 0 Å². The van der Waals surface area contributed by atoms with Crippen molar-refractivity contribution in [1.29, 1.82) is 0 Å². The van der Waals surface area contributed by atoms with Crippen LogP contribution in [-0.2, 0) is 43.3 Å². The van der Waals surface area contributed by atoms with Crippen molar-refractivity contribution in [3.63, 3.8) is 0 Å². The number of para-hydroxylation sites is 2. The van der Waals surface area contributed by atoms with Crippen molar-refractivity contribution in [2.45, 2.75) is 209 Å². The van der Waals surface area contributed by atoms with E-state index in [9.17, 15) is 41.1 Å². The molecule has 4 aliphatic heterocycles. The Hall–Kier alpha value is -14.6. The van der Waals surface area contributed by atoms with Gasteiger partial charge in [-0.3, -0.25) is 0 Å². The first kappa shape index (κ1) is 62.1. The molecule has 6 nitrogen and oxygen atoms in total. The lowest BCUT2D eigenvalue weighted by molar-refractivity contribution is 0.590. The normalized spacial score (nSPS) is 17.0. The lowest BCUT2D eigenvalue weighted by Crippen LogP contribution is -2.61. The molecule has 0 atom stereocenters. The van der Waals surface area contributed by atoms with Crippen molar-refractivity contribution in [3.8, 4) is 22.3 Å². The van der Waals surface area contributed by atoms with Crippen LogP contribution < -0.4 is 62.2 Å². The molecular formula is C136H136B2N6. The van der Waals surface area contributed by atoms with Gasteiger partial charge in [0.1, 0.15) is 0 Å². The lowest BCUT2D eigenvalue weighted by atomic mass is 9.33. The average Bonchev–Trinajstić information content (AvgIpc) is 0.666. The van der Waals surface area contributed by atoms with E-state index < -0.39 is 300 Å². The van der Waals surface area contributed by atoms with E-state index in [0.29, 0.717) is 38.3 Å². The van der Waals surface area contributed by atoms with Gasteiger partial charge in [0, 0.05) is 90.8 Å². The van der Waals surface area contributed by atoms with E-state index in [1.54, 1.807) is 83.1 Å². The highest BCUT2D eigenvalue weighted by Crippen LogP contribution is 2.55. The second kappa shape index (κ2) is 35.8. The standard InChI is InChI=1S/2C68H68BN3/c2*1-65(2,3)48-27-34-52(35-28-48)71-60-38-31-50(67(7,8)9)41-57(60)69-58-42-51(68(10,11)12)32-39-61(58)72(53-36-29-49(30-37-53)66(4,5)6)63-44-55(43-62(71)64(63)69)70(54-33-26-45-20-16-17-23-47(45)40-54)59-25-19-18-24-56(59)46-21-14-13-15-22-46/h2*13-44H,1-12H3/i13D,14D,15D,16D,17D,18D,19D,20D,21D,22D,23D,24D,25D,26D,27D,28D,29D,30D,31D,32D,33D,34D,35D,36D,37D,38D,39D,40D,41D,42D;31D,32D,38D,39D,41D,42D. The fourth-order valence-electron chi connectivity index (χ4n) is 19.2. The monoisotopic (exact) mass is 1910 g/mol. The number of benzene rings is 18. The largest absolute Gasteiger partial charge is 0.311 e. The molecule has 0 N–H and O–H groups in total. The van der Waals surface area contributed by atoms with Crippen LogP contribution in [-0.4, -0.2) is 13.4 Å². The van der Waals surface area contributed by atoms with Gasteiger partial charge in [-0.05, 0) is 286 Å². The van der Waals surface area contributed by atoms with Crippen LogP contribution in [0.25, 0.3) is 43.8 Å². The van der Waals surface area contributed by atoms with Crippen molar-refractivity contribution >= 4 is 170 Å². The quantitative estimate of drug-likeness (QED) is 0.113. The first-order valence-corrected chi connectivity index (χ1v) is 49.0. The van der Waals surface area contributed by atoms with E-state index in [4.69, 9.17) is 8.22 Å². The van der Waals surface area contributed by atoms with Crippen molar-refractivity contribution in [2.24, 2.45) is 0 Å². The van der Waals surface area contributed by atoms with Crippen LogP contribution >= 0.6 is 0 Å². The van der Waals surface area contributed by atoms with Gasteiger partial charge in [-0.1, -0.05) is 420 Å². The van der Waals surface area contributed by atoms with E-state index in [0.717, 1.165) is 100 Å². The van der Waals surface area contributed by atoms with Gasteiger partial charge in [-0.25, -0.2) is 0 Å². The highest BCUT2D eigenvalue weighted by atomic mass is 15.2. The molecule has 0 radical (unpaired) electrons. The summed E-state index contributed by atoms with van der Waals surface area (Å²) < 4.78 is 354. The molecule has 144 heavy (non-hydrogen) atoms. The maximum absolute atomic E-state index is 10.6. The Morgan fingerprint density at radius 2 is 0.562 bits per heavy atom. The molecule has 18 aromatic rings. The van der Waals surface area contributed by atoms with E-state index in [2.05, 4.69) is 208 Å². The summed E-state index contributed by atoms with van der Waals surface area (Å²) in [6, 6.07) is 31.6. The maximum atomic E-state index is 10.6. The second-order valence-electron chi connectivity index (χ2n) is 45.9. The Labute approximate surface area is 908 Å². The molecule has 4 heterocycles. The molecule has 0 bridgehead atoms. The topological polar surface area (TPSA) is 19.4 Å². The second-order valence-corrected chi connectivity index (χ2v) is 45.9. The lowest BCUT2D eigenvalue weighted by Gasteiger charge is -2.45. The van der Waals surface area contributed by atoms with Crippen LogP contribution in [0.15, 0.2) is 387 Å². The van der Waals surface area contributed by atoms with Gasteiger partial charge < -0.3 is 29.4 Å². The Morgan fingerprint density at radius 1 is 0.208 bits per heavy atom. The number of rotatable bonds is 12. The molecule has 18 aromatic carbocycles. The first-order chi connectivity index (χ1) is 83.5. The number of hydrogen-bond donors (Lipinski definition) is 0. The zero-order chi connectivity index (χ0) is 132. The van der Waals surface area contributed by atoms with Gasteiger partial charge in [0.2, 0.25) is 0 Å². The van der Waals surface area contributed by atoms with Gasteiger partial charge in [-0.15, -0.1) is 0 Å². The minimum Gasteiger partial charge on any atom is -0.311 e. The molecule has 716 valence electrons. The Bertz CT molecular complexity index is 9890. The minimum absolute atomic E-state index is 0.0160. The SMILES string of the molecule is [2H]c1c([2H])c(C(C)(C)C)c([2H])c2c1N(c1ccc(C(C)(C)C)cc1)c1cc(N(c3ccc4ccccc4c3)c3ccccc3-c3ccccc3)cc3c1B2c1c([2H])c(C(C)(C)C)c([2H])c([2H])c1N3c1ccc(C(C)(C)C)cc1.[2H]c1c([2H])c([2H])c(-c2c([2H])c([2H])c([2H])c([2H])c2N(c2cc3c4c(c2)N(c2c([2H])c([2H])c(C(C)(C)C)c([2H])c2[2H])c2c([2H])c([2H])c(C(C)(C)C)c([2H])c2B4c2c([2H])c(C(C)(C)C)c([2H])c([2H])c2N3c2c([2H])c([2H])c(C(C)(C)C)c([2H])c2[2H])c2c([2H])c([2H])c3c([2H])c([2H])c([2H])c([2H])c3c2[2H])c([2H])c1[2H]. The highest BCUT2D eigenvalue weighted by molar-refractivity contribution is 7.01. The van der Waals surface area contributed by atoms with Gasteiger partial charge >= 0.3 is 0 Å². The number of anilines is 18. The zero-order valence-electron chi connectivity index (χ0n) is 122. The van der Waals surface area contributed by atoms with Gasteiger partial charge in [0.05, 0.1) is 72.1 Å².